The largest absolute Gasteiger partial charge is 0.465 e. The normalized spacial score (nSPS) is 12.0. The first kappa shape index (κ1) is 10.1. The third-order valence-corrected chi connectivity index (χ3v) is 1.76. The second-order valence-electron chi connectivity index (χ2n) is 3.18. The van der Waals surface area contributed by atoms with Crippen LogP contribution < -0.4 is 5.32 Å². The Morgan fingerprint density at radius 1 is 1.62 bits per heavy atom. The van der Waals surface area contributed by atoms with E-state index in [1.807, 2.05) is 12.1 Å². The van der Waals surface area contributed by atoms with Gasteiger partial charge in [0.2, 0.25) is 0 Å². The first-order chi connectivity index (χ1) is 6.33. The lowest BCUT2D eigenvalue weighted by molar-refractivity contribution is 0.556. The second kappa shape index (κ2) is 5.60. The van der Waals surface area contributed by atoms with Gasteiger partial charge in [0.15, 0.2) is 0 Å². The molecule has 13 heavy (non-hydrogen) atoms. The van der Waals surface area contributed by atoms with Gasteiger partial charge in [-0.25, -0.2) is 0 Å². The average Bonchev–Trinajstić information content (AvgIpc) is 2.57. The Morgan fingerprint density at radius 3 is 3.08 bits per heavy atom. The van der Waals surface area contributed by atoms with Crippen LogP contribution in [-0.2, 0) is 0 Å². The maximum Gasteiger partial charge on any atom is 0.126 e. The molecule has 0 bridgehead atoms. The lowest BCUT2D eigenvalue weighted by atomic mass is 10.2. The van der Waals surface area contributed by atoms with Gasteiger partial charge in [0.25, 0.3) is 0 Å². The Labute approximate surface area is 79.6 Å². The van der Waals surface area contributed by atoms with Gasteiger partial charge in [-0.05, 0) is 38.1 Å². The summed E-state index contributed by atoms with van der Waals surface area (Å²) in [5.74, 6) is 0.927. The Kier molecular flexibility index (Phi) is 4.33. The van der Waals surface area contributed by atoms with Crippen molar-refractivity contribution in [1.82, 2.24) is 5.32 Å². The van der Waals surface area contributed by atoms with Crippen LogP contribution in [0.3, 0.4) is 0 Å². The first-order valence-electron chi connectivity index (χ1n) is 4.74. The van der Waals surface area contributed by atoms with Gasteiger partial charge in [-0.3, -0.25) is 0 Å². The molecular weight excluding hydrogens is 162 g/mol. The van der Waals surface area contributed by atoms with Gasteiger partial charge in [-0.1, -0.05) is 12.5 Å². The van der Waals surface area contributed by atoms with Crippen molar-refractivity contribution in [3.05, 3.63) is 29.7 Å². The van der Waals surface area contributed by atoms with E-state index in [2.05, 4.69) is 25.2 Å². The zero-order valence-corrected chi connectivity index (χ0v) is 8.34. The summed E-state index contributed by atoms with van der Waals surface area (Å²) >= 11 is 0. The third-order valence-electron chi connectivity index (χ3n) is 1.76. The average molecular weight is 179 g/mol. The molecule has 0 aromatic carbocycles. The van der Waals surface area contributed by atoms with Crippen LogP contribution in [0.4, 0.5) is 0 Å². The zero-order valence-electron chi connectivity index (χ0n) is 8.34. The Balaban J connectivity index is 2.34. The summed E-state index contributed by atoms with van der Waals surface area (Å²) in [7, 11) is 0. The van der Waals surface area contributed by atoms with Crippen molar-refractivity contribution in [1.29, 1.82) is 0 Å². The zero-order chi connectivity index (χ0) is 9.52. The van der Waals surface area contributed by atoms with E-state index in [0.29, 0.717) is 0 Å². The minimum Gasteiger partial charge on any atom is -0.465 e. The van der Waals surface area contributed by atoms with Gasteiger partial charge in [-0.2, -0.15) is 0 Å². The first-order valence-corrected chi connectivity index (χ1v) is 4.74. The van der Waals surface area contributed by atoms with Crippen molar-refractivity contribution in [3.63, 3.8) is 0 Å². The molecule has 0 spiro atoms. The van der Waals surface area contributed by atoms with Crippen molar-refractivity contribution >= 4 is 6.08 Å². The molecule has 0 atom stereocenters. The Bertz CT molecular complexity index is 249. The standard InChI is InChI=1S/C11H17NO/c1-3-6-12-9-10(2)8-11-5-4-7-13-11/h4-5,7-8,12H,3,6,9H2,1-2H3. The van der Waals surface area contributed by atoms with Crippen LogP contribution in [-0.4, -0.2) is 13.1 Å². The number of nitrogens with one attached hydrogen (secondary N) is 1. The molecule has 0 aliphatic rings. The molecule has 1 rings (SSSR count). The van der Waals surface area contributed by atoms with Crippen LogP contribution in [0.5, 0.6) is 0 Å². The summed E-state index contributed by atoms with van der Waals surface area (Å²) in [6, 6.07) is 3.86. The molecule has 1 N–H and O–H groups in total. The third kappa shape index (κ3) is 3.95. The highest BCUT2D eigenvalue weighted by molar-refractivity contribution is 5.46. The topological polar surface area (TPSA) is 25.2 Å². The molecular formula is C11H17NO. The molecule has 0 aliphatic heterocycles. The highest BCUT2D eigenvalue weighted by atomic mass is 16.3. The number of rotatable bonds is 5. The predicted octanol–water partition coefficient (Wildman–Crippen LogP) is 2.68. The van der Waals surface area contributed by atoms with Gasteiger partial charge in [0, 0.05) is 6.54 Å². The molecule has 2 heteroatoms. The molecule has 1 aromatic heterocycles. The van der Waals surface area contributed by atoms with E-state index < -0.39 is 0 Å². The van der Waals surface area contributed by atoms with Crippen molar-refractivity contribution in [3.8, 4) is 0 Å². The maximum absolute atomic E-state index is 5.21. The van der Waals surface area contributed by atoms with Gasteiger partial charge < -0.3 is 9.73 Å². The van der Waals surface area contributed by atoms with E-state index in [-0.39, 0.29) is 0 Å². The van der Waals surface area contributed by atoms with E-state index in [0.717, 1.165) is 18.8 Å². The molecule has 0 saturated heterocycles. The van der Waals surface area contributed by atoms with E-state index in [9.17, 15) is 0 Å². The highest BCUT2D eigenvalue weighted by Gasteiger charge is 1.92. The molecule has 1 heterocycles. The van der Waals surface area contributed by atoms with Crippen LogP contribution >= 0.6 is 0 Å². The van der Waals surface area contributed by atoms with Crippen LogP contribution in [0.1, 0.15) is 26.0 Å². The molecule has 0 fully saturated rings. The fraction of sp³-hybridized carbons (Fsp3) is 0.455. The van der Waals surface area contributed by atoms with Gasteiger partial charge in [0.1, 0.15) is 5.76 Å². The van der Waals surface area contributed by atoms with Crippen LogP contribution in [0.15, 0.2) is 28.4 Å². The van der Waals surface area contributed by atoms with Crippen molar-refractivity contribution < 1.29 is 4.42 Å². The number of furan rings is 1. The molecule has 2 nitrogen and oxygen atoms in total. The smallest absolute Gasteiger partial charge is 0.126 e. The number of hydrogen-bond donors (Lipinski definition) is 1. The Hall–Kier alpha value is -1.02. The molecule has 1 aromatic rings. The van der Waals surface area contributed by atoms with Gasteiger partial charge in [0.05, 0.1) is 6.26 Å². The van der Waals surface area contributed by atoms with E-state index in [1.165, 1.54) is 12.0 Å². The molecule has 0 unspecified atom stereocenters. The van der Waals surface area contributed by atoms with E-state index in [4.69, 9.17) is 4.42 Å². The summed E-state index contributed by atoms with van der Waals surface area (Å²) in [6.45, 7) is 6.28. The summed E-state index contributed by atoms with van der Waals surface area (Å²) in [5, 5.41) is 3.34. The second-order valence-corrected chi connectivity index (χ2v) is 3.18. The van der Waals surface area contributed by atoms with Crippen LogP contribution in [0, 0.1) is 0 Å². The van der Waals surface area contributed by atoms with E-state index in [1.54, 1.807) is 6.26 Å². The highest BCUT2D eigenvalue weighted by Crippen LogP contribution is 2.05. The van der Waals surface area contributed by atoms with Crippen molar-refractivity contribution in [2.45, 2.75) is 20.3 Å². The van der Waals surface area contributed by atoms with Gasteiger partial charge >= 0.3 is 0 Å². The molecule has 72 valence electrons. The minimum absolute atomic E-state index is 0.927. The summed E-state index contributed by atoms with van der Waals surface area (Å²) in [4.78, 5) is 0. The maximum atomic E-state index is 5.21. The van der Waals surface area contributed by atoms with Crippen molar-refractivity contribution in [2.75, 3.05) is 13.1 Å². The number of hydrogen-bond acceptors (Lipinski definition) is 2. The summed E-state index contributed by atoms with van der Waals surface area (Å²) in [6.07, 6.45) is 4.93. The monoisotopic (exact) mass is 179 g/mol. The molecule has 0 saturated carbocycles. The van der Waals surface area contributed by atoms with Gasteiger partial charge in [-0.15, -0.1) is 0 Å². The SMILES string of the molecule is CCCNCC(C)=Cc1ccco1. The lowest BCUT2D eigenvalue weighted by Crippen LogP contribution is -2.16. The van der Waals surface area contributed by atoms with Crippen LogP contribution in [0.25, 0.3) is 6.08 Å². The molecule has 0 amide bonds. The fourth-order valence-corrected chi connectivity index (χ4v) is 1.13. The van der Waals surface area contributed by atoms with E-state index >= 15 is 0 Å². The molecule has 0 radical (unpaired) electrons. The Morgan fingerprint density at radius 2 is 2.46 bits per heavy atom. The summed E-state index contributed by atoms with van der Waals surface area (Å²) in [5.41, 5.74) is 1.29. The van der Waals surface area contributed by atoms with Crippen molar-refractivity contribution in [2.24, 2.45) is 0 Å². The summed E-state index contributed by atoms with van der Waals surface area (Å²) < 4.78 is 5.21. The predicted molar refractivity (Wildman–Crippen MR) is 55.5 cm³/mol. The lowest BCUT2D eigenvalue weighted by Gasteiger charge is -2.01. The quantitative estimate of drug-likeness (QED) is 0.703. The fourth-order valence-electron chi connectivity index (χ4n) is 1.13. The van der Waals surface area contributed by atoms with Crippen LogP contribution in [0.2, 0.25) is 0 Å². The minimum atomic E-state index is 0.927. The molecule has 0 aliphatic carbocycles.